The molecule has 80 valence electrons. The predicted molar refractivity (Wildman–Crippen MR) is 60.7 cm³/mol. The largest absolute Gasteiger partial charge is 0.369 e. The molecule has 1 aliphatic rings. The molecule has 2 N–H and O–H groups in total. The molecule has 16 heavy (non-hydrogen) atoms. The second kappa shape index (κ2) is 4.22. The van der Waals surface area contributed by atoms with Crippen molar-refractivity contribution < 1.29 is 0 Å². The van der Waals surface area contributed by atoms with Crippen LogP contribution < -0.4 is 10.6 Å². The van der Waals surface area contributed by atoms with Gasteiger partial charge in [0, 0.05) is 19.1 Å². The van der Waals surface area contributed by atoms with Crippen LogP contribution in [0.3, 0.4) is 0 Å². The van der Waals surface area contributed by atoms with Crippen molar-refractivity contribution >= 4 is 5.69 Å². The van der Waals surface area contributed by atoms with E-state index in [1.165, 1.54) is 0 Å². The van der Waals surface area contributed by atoms with Crippen LogP contribution >= 0.6 is 0 Å². The molecule has 4 nitrogen and oxygen atoms in total. The normalized spacial score (nSPS) is 19.2. The number of nitriles is 2. The fraction of sp³-hybridized carbons (Fsp3) is 0.333. The van der Waals surface area contributed by atoms with Gasteiger partial charge in [-0.05, 0) is 18.6 Å². The monoisotopic (exact) mass is 212 g/mol. The molecule has 2 rings (SSSR count). The third-order valence-electron chi connectivity index (χ3n) is 2.84. The smallest absolute Gasteiger partial charge is 0.103 e. The fourth-order valence-electron chi connectivity index (χ4n) is 2.02. The summed E-state index contributed by atoms with van der Waals surface area (Å²) in [6.45, 7) is 1.61. The first-order valence-corrected chi connectivity index (χ1v) is 5.20. The van der Waals surface area contributed by atoms with Gasteiger partial charge in [0.05, 0.1) is 16.8 Å². The fourth-order valence-corrected chi connectivity index (χ4v) is 2.02. The van der Waals surface area contributed by atoms with Gasteiger partial charge in [0.25, 0.3) is 0 Å². The minimum absolute atomic E-state index is 0.164. The van der Waals surface area contributed by atoms with E-state index in [0.29, 0.717) is 11.1 Å². The predicted octanol–water partition coefficient (Wildman–Crippen LogP) is 0.967. The number of benzene rings is 1. The third-order valence-corrected chi connectivity index (χ3v) is 2.84. The first kappa shape index (κ1) is 10.5. The maximum atomic E-state index is 9.10. The molecule has 0 aliphatic carbocycles. The van der Waals surface area contributed by atoms with Crippen LogP contribution in [-0.4, -0.2) is 19.1 Å². The van der Waals surface area contributed by atoms with Crippen LogP contribution in [0.5, 0.6) is 0 Å². The van der Waals surface area contributed by atoms with Crippen molar-refractivity contribution in [2.45, 2.75) is 12.5 Å². The van der Waals surface area contributed by atoms with E-state index in [2.05, 4.69) is 11.0 Å². The summed E-state index contributed by atoms with van der Waals surface area (Å²) in [5, 5.41) is 18.0. The van der Waals surface area contributed by atoms with E-state index in [4.69, 9.17) is 16.3 Å². The summed E-state index contributed by atoms with van der Waals surface area (Å²) >= 11 is 0. The maximum Gasteiger partial charge on any atom is 0.103 e. The average molecular weight is 212 g/mol. The zero-order chi connectivity index (χ0) is 11.5. The minimum atomic E-state index is 0.164. The Morgan fingerprint density at radius 1 is 1.31 bits per heavy atom. The number of nitrogens with zero attached hydrogens (tertiary/aromatic N) is 3. The lowest BCUT2D eigenvalue weighted by Crippen LogP contribution is -2.26. The Bertz CT molecular complexity index is 481. The Morgan fingerprint density at radius 3 is 2.69 bits per heavy atom. The number of nitrogens with two attached hydrogens (primary N) is 1. The third kappa shape index (κ3) is 1.71. The molecule has 0 aromatic heterocycles. The van der Waals surface area contributed by atoms with Gasteiger partial charge in [0.15, 0.2) is 0 Å². The lowest BCUT2D eigenvalue weighted by Gasteiger charge is -2.19. The van der Waals surface area contributed by atoms with Crippen molar-refractivity contribution in [3.8, 4) is 12.1 Å². The van der Waals surface area contributed by atoms with Gasteiger partial charge < -0.3 is 10.6 Å². The number of hydrogen-bond donors (Lipinski definition) is 1. The number of hydrogen-bond acceptors (Lipinski definition) is 4. The molecule has 1 fully saturated rings. The molecule has 0 saturated carbocycles. The molecule has 4 heteroatoms. The van der Waals surface area contributed by atoms with Crippen LogP contribution in [-0.2, 0) is 0 Å². The van der Waals surface area contributed by atoms with Crippen LogP contribution in [0.1, 0.15) is 17.5 Å². The van der Waals surface area contributed by atoms with Crippen molar-refractivity contribution in [2.24, 2.45) is 5.73 Å². The van der Waals surface area contributed by atoms with Gasteiger partial charge in [-0.3, -0.25) is 0 Å². The zero-order valence-electron chi connectivity index (χ0n) is 8.85. The Labute approximate surface area is 94.5 Å². The number of rotatable bonds is 1. The molecule has 1 aliphatic heterocycles. The molecule has 0 radical (unpaired) electrons. The van der Waals surface area contributed by atoms with Crippen LogP contribution in [0.25, 0.3) is 0 Å². The Hall–Kier alpha value is -2.04. The van der Waals surface area contributed by atoms with Gasteiger partial charge >= 0.3 is 0 Å². The topological polar surface area (TPSA) is 76.8 Å². The van der Waals surface area contributed by atoms with Gasteiger partial charge in [-0.2, -0.15) is 10.5 Å². The molecule has 0 amide bonds. The highest BCUT2D eigenvalue weighted by Crippen LogP contribution is 2.25. The second-order valence-corrected chi connectivity index (χ2v) is 3.92. The maximum absolute atomic E-state index is 9.10. The van der Waals surface area contributed by atoms with Gasteiger partial charge in [-0.25, -0.2) is 0 Å². The van der Waals surface area contributed by atoms with E-state index < -0.39 is 0 Å². The van der Waals surface area contributed by atoms with E-state index in [1.807, 2.05) is 12.1 Å². The van der Waals surface area contributed by atoms with Crippen LogP contribution in [0.2, 0.25) is 0 Å². The van der Waals surface area contributed by atoms with Gasteiger partial charge in [-0.1, -0.05) is 6.07 Å². The minimum Gasteiger partial charge on any atom is -0.369 e. The van der Waals surface area contributed by atoms with E-state index in [-0.39, 0.29) is 6.04 Å². The van der Waals surface area contributed by atoms with Crippen LogP contribution in [0.15, 0.2) is 18.2 Å². The molecule has 0 spiro atoms. The first-order valence-electron chi connectivity index (χ1n) is 5.20. The second-order valence-electron chi connectivity index (χ2n) is 3.92. The van der Waals surface area contributed by atoms with Crippen molar-refractivity contribution in [2.75, 3.05) is 18.0 Å². The number of anilines is 1. The lowest BCUT2D eigenvalue weighted by atomic mass is 10.1. The summed E-state index contributed by atoms with van der Waals surface area (Å²) in [7, 11) is 0. The SMILES string of the molecule is N#Cc1cccc(N2CC[C@@H](N)C2)c1C#N. The van der Waals surface area contributed by atoms with E-state index in [1.54, 1.807) is 12.1 Å². The highest BCUT2D eigenvalue weighted by atomic mass is 15.2. The zero-order valence-corrected chi connectivity index (χ0v) is 8.85. The van der Waals surface area contributed by atoms with E-state index >= 15 is 0 Å². The highest BCUT2D eigenvalue weighted by Gasteiger charge is 2.22. The standard InChI is InChI=1S/C12H12N4/c13-6-9-2-1-3-12(11(9)7-14)16-5-4-10(15)8-16/h1-3,10H,4-5,8,15H2/t10-/m1/s1. The van der Waals surface area contributed by atoms with Crippen molar-refractivity contribution in [3.63, 3.8) is 0 Å². The molecule has 0 bridgehead atoms. The Kier molecular flexibility index (Phi) is 2.76. The summed E-state index contributed by atoms with van der Waals surface area (Å²) in [5.74, 6) is 0. The van der Waals surface area contributed by atoms with E-state index in [0.717, 1.165) is 25.2 Å². The molecule has 1 aromatic rings. The molecule has 1 aromatic carbocycles. The molecule has 1 saturated heterocycles. The molecule has 1 heterocycles. The van der Waals surface area contributed by atoms with Crippen molar-refractivity contribution in [1.82, 2.24) is 0 Å². The summed E-state index contributed by atoms with van der Waals surface area (Å²) in [4.78, 5) is 2.07. The quantitative estimate of drug-likeness (QED) is 0.752. The van der Waals surface area contributed by atoms with Crippen molar-refractivity contribution in [3.05, 3.63) is 29.3 Å². The summed E-state index contributed by atoms with van der Waals surface area (Å²) in [6, 6.07) is 9.65. The Balaban J connectivity index is 2.42. The summed E-state index contributed by atoms with van der Waals surface area (Å²) in [6.07, 6.45) is 0.932. The highest BCUT2D eigenvalue weighted by molar-refractivity contribution is 5.65. The molecular weight excluding hydrogens is 200 g/mol. The van der Waals surface area contributed by atoms with Crippen molar-refractivity contribution in [1.29, 1.82) is 10.5 Å². The molecule has 0 unspecified atom stereocenters. The van der Waals surface area contributed by atoms with Gasteiger partial charge in [0.2, 0.25) is 0 Å². The molecule has 1 atom stereocenters. The molecular formula is C12H12N4. The van der Waals surface area contributed by atoms with Gasteiger partial charge in [-0.15, -0.1) is 0 Å². The van der Waals surface area contributed by atoms with Gasteiger partial charge in [0.1, 0.15) is 12.1 Å². The average Bonchev–Trinajstić information content (AvgIpc) is 2.74. The van der Waals surface area contributed by atoms with E-state index in [9.17, 15) is 0 Å². The Morgan fingerprint density at radius 2 is 2.12 bits per heavy atom. The summed E-state index contributed by atoms with van der Waals surface area (Å²) < 4.78 is 0. The first-order chi connectivity index (χ1) is 7.76. The lowest BCUT2D eigenvalue weighted by molar-refractivity contribution is 0.752. The van der Waals surface area contributed by atoms with Crippen LogP contribution in [0.4, 0.5) is 5.69 Å². The van der Waals surface area contributed by atoms with Crippen LogP contribution in [0, 0.1) is 22.7 Å². The summed E-state index contributed by atoms with van der Waals surface area (Å²) in [5.41, 5.74) is 7.55.